The number of nitrogens with zero attached hydrogens (tertiary/aromatic N) is 2. The lowest BCUT2D eigenvalue weighted by atomic mass is 10.0. The Bertz CT molecular complexity index is 480. The third-order valence-corrected chi connectivity index (χ3v) is 2.95. The number of aromatic nitrogens is 1. The van der Waals surface area contributed by atoms with Gasteiger partial charge in [0.15, 0.2) is 0 Å². The van der Waals surface area contributed by atoms with Crippen LogP contribution in [0.25, 0.3) is 0 Å². The first-order valence-electron chi connectivity index (χ1n) is 6.47. The van der Waals surface area contributed by atoms with Crippen LogP contribution in [0.1, 0.15) is 25.3 Å². The van der Waals surface area contributed by atoms with Crippen LogP contribution in [0.15, 0.2) is 23.1 Å². The molecule has 0 saturated carbocycles. The Morgan fingerprint density at radius 1 is 1.47 bits per heavy atom. The monoisotopic (exact) mass is 266 g/mol. The molecule has 0 spiro atoms. The van der Waals surface area contributed by atoms with E-state index in [-0.39, 0.29) is 11.5 Å². The maximum atomic E-state index is 11.9. The van der Waals surface area contributed by atoms with Crippen LogP contribution in [0, 0.1) is 0 Å². The van der Waals surface area contributed by atoms with Crippen molar-refractivity contribution in [3.8, 4) is 0 Å². The standard InChI is InChI=1S/C14H22N2O3/c1-5-19-14(18)11(2)12-6-7-16(13(17)10-12)9-8-15(3)4/h6-7,10-11H,5,8-9H2,1-4H3/t11-/m0/s1. The van der Waals surface area contributed by atoms with E-state index in [1.54, 1.807) is 30.7 Å². The Kier molecular flexibility index (Phi) is 5.76. The van der Waals surface area contributed by atoms with Crippen molar-refractivity contribution in [3.05, 3.63) is 34.2 Å². The summed E-state index contributed by atoms with van der Waals surface area (Å²) in [6.45, 7) is 5.30. The predicted molar refractivity (Wildman–Crippen MR) is 74.3 cm³/mol. The third-order valence-electron chi connectivity index (χ3n) is 2.95. The summed E-state index contributed by atoms with van der Waals surface area (Å²) in [5.41, 5.74) is 0.611. The molecule has 0 aliphatic carbocycles. The molecular formula is C14H22N2O3. The van der Waals surface area contributed by atoms with Crippen molar-refractivity contribution in [2.45, 2.75) is 26.3 Å². The molecule has 0 N–H and O–H groups in total. The van der Waals surface area contributed by atoms with E-state index in [2.05, 4.69) is 0 Å². The molecule has 0 bridgehead atoms. The second kappa shape index (κ2) is 7.09. The molecule has 1 heterocycles. The average Bonchev–Trinajstić information content (AvgIpc) is 2.36. The number of carbonyl (C=O) groups is 1. The lowest BCUT2D eigenvalue weighted by Gasteiger charge is -2.13. The number of ether oxygens (including phenoxy) is 1. The molecule has 1 atom stereocenters. The van der Waals surface area contributed by atoms with E-state index in [1.807, 2.05) is 19.0 Å². The van der Waals surface area contributed by atoms with Gasteiger partial charge < -0.3 is 14.2 Å². The fourth-order valence-electron chi connectivity index (χ4n) is 1.69. The van der Waals surface area contributed by atoms with Gasteiger partial charge in [0, 0.05) is 25.4 Å². The minimum atomic E-state index is -0.406. The number of carbonyl (C=O) groups excluding carboxylic acids is 1. The zero-order chi connectivity index (χ0) is 14.4. The molecule has 0 unspecified atom stereocenters. The van der Waals surface area contributed by atoms with Crippen molar-refractivity contribution in [2.75, 3.05) is 27.2 Å². The Hall–Kier alpha value is -1.62. The summed E-state index contributed by atoms with van der Waals surface area (Å²) < 4.78 is 6.59. The summed E-state index contributed by atoms with van der Waals surface area (Å²) in [6, 6.07) is 3.32. The van der Waals surface area contributed by atoms with Crippen LogP contribution in [-0.2, 0) is 16.1 Å². The predicted octanol–water partition coefficient (Wildman–Crippen LogP) is 1.08. The van der Waals surface area contributed by atoms with E-state index >= 15 is 0 Å². The first kappa shape index (κ1) is 15.4. The molecule has 106 valence electrons. The summed E-state index contributed by atoms with van der Waals surface area (Å²) in [4.78, 5) is 25.6. The van der Waals surface area contributed by atoms with Crippen LogP contribution in [-0.4, -0.2) is 42.7 Å². The molecule has 19 heavy (non-hydrogen) atoms. The number of rotatable bonds is 6. The maximum absolute atomic E-state index is 11.9. The van der Waals surface area contributed by atoms with Gasteiger partial charge in [0.1, 0.15) is 0 Å². The number of pyridine rings is 1. The van der Waals surface area contributed by atoms with Gasteiger partial charge in [-0.1, -0.05) is 0 Å². The second-order valence-electron chi connectivity index (χ2n) is 4.77. The van der Waals surface area contributed by atoms with Crippen LogP contribution >= 0.6 is 0 Å². The molecule has 0 radical (unpaired) electrons. The highest BCUT2D eigenvalue weighted by Crippen LogP contribution is 2.14. The Morgan fingerprint density at radius 2 is 2.16 bits per heavy atom. The molecule has 0 saturated heterocycles. The molecule has 5 nitrogen and oxygen atoms in total. The summed E-state index contributed by atoms with van der Waals surface area (Å²) >= 11 is 0. The molecule has 5 heteroatoms. The molecule has 1 aromatic rings. The van der Waals surface area contributed by atoms with E-state index in [9.17, 15) is 9.59 Å². The van der Waals surface area contributed by atoms with Gasteiger partial charge in [-0.25, -0.2) is 0 Å². The highest BCUT2D eigenvalue weighted by molar-refractivity contribution is 5.77. The molecule has 0 aliphatic heterocycles. The SMILES string of the molecule is CCOC(=O)[C@@H](C)c1ccn(CCN(C)C)c(=O)c1. The zero-order valence-electron chi connectivity index (χ0n) is 12.0. The van der Waals surface area contributed by atoms with Crippen LogP contribution in [0.5, 0.6) is 0 Å². The van der Waals surface area contributed by atoms with Crippen LogP contribution in [0.3, 0.4) is 0 Å². The average molecular weight is 266 g/mol. The first-order chi connectivity index (χ1) is 8.95. The number of likely N-dealkylation sites (N-methyl/N-ethyl adjacent to an activating group) is 1. The van der Waals surface area contributed by atoms with Crippen molar-refractivity contribution in [1.82, 2.24) is 9.47 Å². The van der Waals surface area contributed by atoms with Gasteiger partial charge in [-0.05, 0) is 39.6 Å². The van der Waals surface area contributed by atoms with Gasteiger partial charge >= 0.3 is 5.97 Å². The van der Waals surface area contributed by atoms with Crippen molar-refractivity contribution in [2.24, 2.45) is 0 Å². The van der Waals surface area contributed by atoms with E-state index in [1.165, 1.54) is 6.07 Å². The Labute approximate surface area is 113 Å². The van der Waals surface area contributed by atoms with Crippen molar-refractivity contribution >= 4 is 5.97 Å². The smallest absolute Gasteiger partial charge is 0.313 e. The summed E-state index contributed by atoms with van der Waals surface area (Å²) in [5, 5.41) is 0. The molecular weight excluding hydrogens is 244 g/mol. The third kappa shape index (κ3) is 4.52. The van der Waals surface area contributed by atoms with Gasteiger partial charge in [0.2, 0.25) is 0 Å². The molecule has 1 rings (SSSR count). The number of hydrogen-bond acceptors (Lipinski definition) is 4. The quantitative estimate of drug-likeness (QED) is 0.723. The van der Waals surface area contributed by atoms with Crippen molar-refractivity contribution in [3.63, 3.8) is 0 Å². The topological polar surface area (TPSA) is 51.5 Å². The van der Waals surface area contributed by atoms with Crippen LogP contribution in [0.4, 0.5) is 0 Å². The maximum Gasteiger partial charge on any atom is 0.313 e. The lowest BCUT2D eigenvalue weighted by molar-refractivity contribution is -0.144. The summed E-state index contributed by atoms with van der Waals surface area (Å²) in [5.74, 6) is -0.705. The summed E-state index contributed by atoms with van der Waals surface area (Å²) in [7, 11) is 3.92. The number of hydrogen-bond donors (Lipinski definition) is 0. The second-order valence-corrected chi connectivity index (χ2v) is 4.77. The van der Waals surface area contributed by atoms with E-state index in [0.29, 0.717) is 18.7 Å². The van der Waals surface area contributed by atoms with E-state index < -0.39 is 5.92 Å². The van der Waals surface area contributed by atoms with Crippen LogP contribution < -0.4 is 5.56 Å². The highest BCUT2D eigenvalue weighted by atomic mass is 16.5. The minimum Gasteiger partial charge on any atom is -0.466 e. The van der Waals surface area contributed by atoms with Gasteiger partial charge in [-0.2, -0.15) is 0 Å². The molecule has 0 amide bonds. The fraction of sp³-hybridized carbons (Fsp3) is 0.571. The van der Waals surface area contributed by atoms with Gasteiger partial charge in [0.05, 0.1) is 12.5 Å². The molecule has 1 aromatic heterocycles. The van der Waals surface area contributed by atoms with Crippen LogP contribution in [0.2, 0.25) is 0 Å². The number of esters is 1. The van der Waals surface area contributed by atoms with Gasteiger partial charge in [0.25, 0.3) is 5.56 Å². The fourth-order valence-corrected chi connectivity index (χ4v) is 1.69. The van der Waals surface area contributed by atoms with Gasteiger partial charge in [-0.3, -0.25) is 9.59 Å². The lowest BCUT2D eigenvalue weighted by Crippen LogP contribution is -2.26. The first-order valence-corrected chi connectivity index (χ1v) is 6.47. The van der Waals surface area contributed by atoms with Gasteiger partial charge in [-0.15, -0.1) is 0 Å². The van der Waals surface area contributed by atoms with Crippen molar-refractivity contribution in [1.29, 1.82) is 0 Å². The molecule has 0 aromatic carbocycles. The largest absolute Gasteiger partial charge is 0.466 e. The van der Waals surface area contributed by atoms with E-state index in [4.69, 9.17) is 4.74 Å². The summed E-state index contributed by atoms with van der Waals surface area (Å²) in [6.07, 6.45) is 1.73. The highest BCUT2D eigenvalue weighted by Gasteiger charge is 2.16. The van der Waals surface area contributed by atoms with Crippen molar-refractivity contribution < 1.29 is 9.53 Å². The zero-order valence-corrected chi connectivity index (χ0v) is 12.0. The van der Waals surface area contributed by atoms with E-state index in [0.717, 1.165) is 6.54 Å². The molecule has 0 fully saturated rings. The molecule has 0 aliphatic rings. The minimum absolute atomic E-state index is 0.0875. The normalized spacial score (nSPS) is 12.5. The Balaban J connectivity index is 2.81. The Morgan fingerprint density at radius 3 is 2.68 bits per heavy atom.